The highest BCUT2D eigenvalue weighted by atomic mass is 16.5. The monoisotopic (exact) mass is 504 g/mol. The Morgan fingerprint density at radius 1 is 0.972 bits per heavy atom. The van der Waals surface area contributed by atoms with Crippen LogP contribution in [-0.2, 0) is 19.1 Å². The highest BCUT2D eigenvalue weighted by Crippen LogP contribution is 2.39. The van der Waals surface area contributed by atoms with Crippen LogP contribution in [0.4, 0.5) is 0 Å². The van der Waals surface area contributed by atoms with Crippen molar-refractivity contribution in [3.8, 4) is 17.2 Å². The molecule has 0 spiro atoms. The van der Waals surface area contributed by atoms with Gasteiger partial charge in [0.25, 0.3) is 5.91 Å². The van der Waals surface area contributed by atoms with Crippen LogP contribution < -0.4 is 14.2 Å². The molecule has 198 valence electrons. The number of morpholine rings is 1. The molecule has 0 bridgehead atoms. The zero-order valence-electron chi connectivity index (χ0n) is 21.8. The Bertz CT molecular complexity index is 971. The molecule has 0 atom stereocenters. The second-order valence-corrected chi connectivity index (χ2v) is 8.74. The largest absolute Gasteiger partial charge is 0.493 e. The molecule has 2 aliphatic heterocycles. The standard InChI is InChI=1S/C26H36N2O8/c1-6-26(7-2)16-19(23(29)28(25(26)31)9-8-27-10-12-35-13-11-27)17-36-24(30)18-14-20(32-3)22(34-5)21(15-18)33-4/h14-16H,6-13,17H2,1-5H3. The van der Waals surface area contributed by atoms with Gasteiger partial charge in [-0.1, -0.05) is 19.9 Å². The van der Waals surface area contributed by atoms with Gasteiger partial charge in [-0.2, -0.15) is 0 Å². The van der Waals surface area contributed by atoms with Crippen LogP contribution in [0, 0.1) is 5.41 Å². The first-order chi connectivity index (χ1) is 17.3. The van der Waals surface area contributed by atoms with Crippen molar-refractivity contribution in [2.24, 2.45) is 5.41 Å². The maximum Gasteiger partial charge on any atom is 0.338 e. The molecule has 2 amide bonds. The average Bonchev–Trinajstić information content (AvgIpc) is 2.92. The molecule has 10 heteroatoms. The Hall–Kier alpha value is -3.11. The number of hydrogen-bond acceptors (Lipinski definition) is 9. The van der Waals surface area contributed by atoms with Crippen LogP contribution in [0.3, 0.4) is 0 Å². The van der Waals surface area contributed by atoms with Crippen molar-refractivity contribution < 1.29 is 38.1 Å². The molecule has 1 aromatic rings. The highest BCUT2D eigenvalue weighted by Gasteiger charge is 2.44. The number of methoxy groups -OCH3 is 3. The number of carbonyl (C=O) groups is 3. The zero-order chi connectivity index (χ0) is 26.3. The zero-order valence-corrected chi connectivity index (χ0v) is 21.8. The number of nitrogens with zero attached hydrogens (tertiary/aromatic N) is 2. The van der Waals surface area contributed by atoms with E-state index < -0.39 is 17.3 Å². The molecule has 0 N–H and O–H groups in total. The molecule has 3 rings (SSSR count). The van der Waals surface area contributed by atoms with E-state index in [1.54, 1.807) is 6.08 Å². The van der Waals surface area contributed by atoms with Crippen LogP contribution >= 0.6 is 0 Å². The first-order valence-corrected chi connectivity index (χ1v) is 12.2. The summed E-state index contributed by atoms with van der Waals surface area (Å²) in [6.07, 6.45) is 2.76. The number of amides is 2. The number of esters is 1. The molecule has 36 heavy (non-hydrogen) atoms. The molecule has 1 fully saturated rings. The summed E-state index contributed by atoms with van der Waals surface area (Å²) in [6.45, 7) is 7.24. The maximum atomic E-state index is 13.4. The van der Waals surface area contributed by atoms with Crippen molar-refractivity contribution in [3.05, 3.63) is 29.3 Å². The lowest BCUT2D eigenvalue weighted by atomic mass is 9.77. The van der Waals surface area contributed by atoms with Crippen LogP contribution in [0.5, 0.6) is 17.2 Å². The van der Waals surface area contributed by atoms with Crippen molar-refractivity contribution in [3.63, 3.8) is 0 Å². The summed E-state index contributed by atoms with van der Waals surface area (Å²) in [7, 11) is 4.38. The lowest BCUT2D eigenvalue weighted by Gasteiger charge is -2.39. The minimum absolute atomic E-state index is 0.186. The summed E-state index contributed by atoms with van der Waals surface area (Å²) in [5.74, 6) is -0.306. The second-order valence-electron chi connectivity index (χ2n) is 8.74. The van der Waals surface area contributed by atoms with Gasteiger partial charge in [0.05, 0.1) is 51.1 Å². The van der Waals surface area contributed by atoms with Gasteiger partial charge in [0.2, 0.25) is 11.7 Å². The molecule has 1 saturated heterocycles. The molecule has 2 aliphatic rings. The molecule has 0 radical (unpaired) electrons. The van der Waals surface area contributed by atoms with E-state index >= 15 is 0 Å². The average molecular weight is 505 g/mol. The third-order valence-electron chi connectivity index (χ3n) is 6.91. The lowest BCUT2D eigenvalue weighted by Crippen LogP contribution is -2.53. The van der Waals surface area contributed by atoms with E-state index in [-0.39, 0.29) is 24.6 Å². The number of carbonyl (C=O) groups excluding carboxylic acids is 3. The van der Waals surface area contributed by atoms with Crippen molar-refractivity contribution in [1.29, 1.82) is 0 Å². The van der Waals surface area contributed by atoms with Crippen molar-refractivity contribution in [2.75, 3.05) is 67.3 Å². The Balaban J connectivity index is 1.79. The van der Waals surface area contributed by atoms with Crippen molar-refractivity contribution in [1.82, 2.24) is 9.80 Å². The summed E-state index contributed by atoms with van der Waals surface area (Å²) < 4.78 is 26.8. The van der Waals surface area contributed by atoms with Gasteiger partial charge in [-0.15, -0.1) is 0 Å². The van der Waals surface area contributed by atoms with Crippen LogP contribution in [0.25, 0.3) is 0 Å². The Kier molecular flexibility index (Phi) is 9.33. The SMILES string of the molecule is CCC1(CC)C=C(COC(=O)c2cc(OC)c(OC)c(OC)c2)C(=O)N(CCN2CCOCC2)C1=O. The van der Waals surface area contributed by atoms with Gasteiger partial charge in [0.15, 0.2) is 11.5 Å². The predicted molar refractivity (Wildman–Crippen MR) is 131 cm³/mol. The minimum Gasteiger partial charge on any atom is -0.493 e. The minimum atomic E-state index is -0.812. The van der Waals surface area contributed by atoms with Crippen molar-refractivity contribution in [2.45, 2.75) is 26.7 Å². The fourth-order valence-corrected chi connectivity index (χ4v) is 4.55. The molecular weight excluding hydrogens is 468 g/mol. The van der Waals surface area contributed by atoms with Gasteiger partial charge in [0.1, 0.15) is 6.61 Å². The fraction of sp³-hybridized carbons (Fsp3) is 0.577. The third kappa shape index (κ3) is 5.65. The highest BCUT2D eigenvalue weighted by molar-refractivity contribution is 6.10. The summed E-state index contributed by atoms with van der Waals surface area (Å²) in [4.78, 5) is 43.1. The molecule has 10 nitrogen and oxygen atoms in total. The van der Waals surface area contributed by atoms with Gasteiger partial charge < -0.3 is 23.7 Å². The Labute approximate surface area is 212 Å². The van der Waals surface area contributed by atoms with E-state index in [0.29, 0.717) is 55.4 Å². The van der Waals surface area contributed by atoms with Crippen LogP contribution in [0.2, 0.25) is 0 Å². The summed E-state index contributed by atoms with van der Waals surface area (Å²) in [5, 5.41) is 0. The number of hydrogen-bond donors (Lipinski definition) is 0. The predicted octanol–water partition coefficient (Wildman–Crippen LogP) is 2.30. The van der Waals surface area contributed by atoms with E-state index in [0.717, 1.165) is 13.1 Å². The van der Waals surface area contributed by atoms with E-state index in [9.17, 15) is 14.4 Å². The van der Waals surface area contributed by atoms with E-state index in [2.05, 4.69) is 4.90 Å². The molecule has 0 unspecified atom stereocenters. The number of ether oxygens (including phenoxy) is 5. The van der Waals surface area contributed by atoms with Gasteiger partial charge in [-0.3, -0.25) is 19.4 Å². The van der Waals surface area contributed by atoms with Crippen molar-refractivity contribution >= 4 is 17.8 Å². The topological polar surface area (TPSA) is 104 Å². The molecule has 0 saturated carbocycles. The molecule has 0 aromatic heterocycles. The summed E-state index contributed by atoms with van der Waals surface area (Å²) in [5.41, 5.74) is -0.334. The van der Waals surface area contributed by atoms with Gasteiger partial charge in [0, 0.05) is 26.2 Å². The lowest BCUT2D eigenvalue weighted by molar-refractivity contribution is -0.151. The smallest absolute Gasteiger partial charge is 0.338 e. The molecular formula is C26H36N2O8. The second kappa shape index (κ2) is 12.2. The van der Waals surface area contributed by atoms with E-state index in [1.807, 2.05) is 13.8 Å². The normalized spacial score (nSPS) is 18.0. The number of benzene rings is 1. The first kappa shape index (κ1) is 27.5. The Morgan fingerprint density at radius 3 is 2.11 bits per heavy atom. The number of imide groups is 1. The summed E-state index contributed by atoms with van der Waals surface area (Å²) >= 11 is 0. The van der Waals surface area contributed by atoms with E-state index in [4.69, 9.17) is 23.7 Å². The van der Waals surface area contributed by atoms with Gasteiger partial charge in [-0.05, 0) is 25.0 Å². The quantitative estimate of drug-likeness (QED) is 0.332. The number of rotatable bonds is 11. The molecule has 1 aromatic carbocycles. The fourth-order valence-electron chi connectivity index (χ4n) is 4.55. The summed E-state index contributed by atoms with van der Waals surface area (Å²) in [6, 6.07) is 2.97. The third-order valence-corrected chi connectivity index (χ3v) is 6.91. The van der Waals surface area contributed by atoms with Crippen LogP contribution in [0.15, 0.2) is 23.8 Å². The van der Waals surface area contributed by atoms with Gasteiger partial charge in [-0.25, -0.2) is 4.79 Å². The van der Waals surface area contributed by atoms with Crippen LogP contribution in [0.1, 0.15) is 37.0 Å². The van der Waals surface area contributed by atoms with Crippen LogP contribution in [-0.4, -0.2) is 94.9 Å². The first-order valence-electron chi connectivity index (χ1n) is 12.2. The Morgan fingerprint density at radius 2 is 1.58 bits per heavy atom. The molecule has 0 aliphatic carbocycles. The maximum absolute atomic E-state index is 13.4. The molecule has 2 heterocycles. The van der Waals surface area contributed by atoms with Gasteiger partial charge >= 0.3 is 5.97 Å². The van der Waals surface area contributed by atoms with E-state index in [1.165, 1.54) is 38.4 Å².